The zero-order chi connectivity index (χ0) is 14.9. The second kappa shape index (κ2) is 6.01. The van der Waals surface area contributed by atoms with Gasteiger partial charge < -0.3 is 10.3 Å². The fourth-order valence-electron chi connectivity index (χ4n) is 1.78. The van der Waals surface area contributed by atoms with E-state index in [2.05, 4.69) is 15.0 Å². The molecule has 1 aliphatic rings. The van der Waals surface area contributed by atoms with Crippen LogP contribution in [0.4, 0.5) is 0 Å². The lowest BCUT2D eigenvalue weighted by Gasteiger charge is -2.02. The van der Waals surface area contributed by atoms with Gasteiger partial charge in [0.1, 0.15) is 4.21 Å². The monoisotopic (exact) mass is 345 g/mol. The largest absolute Gasteiger partial charge is 0.315 e. The molecule has 2 heterocycles. The van der Waals surface area contributed by atoms with E-state index in [0.717, 1.165) is 16.9 Å². The molecule has 0 saturated heterocycles. The minimum atomic E-state index is -3.53. The van der Waals surface area contributed by atoms with Crippen LogP contribution in [-0.2, 0) is 23.1 Å². The highest BCUT2D eigenvalue weighted by Crippen LogP contribution is 2.23. The molecule has 3 rings (SSSR count). The normalized spacial score (nSPS) is 15.4. The van der Waals surface area contributed by atoms with Crippen molar-refractivity contribution < 1.29 is 8.42 Å². The number of aromatic nitrogens is 1. The molecular weight excluding hydrogens is 330 g/mol. The number of aromatic amines is 1. The van der Waals surface area contributed by atoms with Crippen LogP contribution in [0.1, 0.15) is 24.1 Å². The number of hydrogen-bond acceptors (Lipinski definition) is 6. The lowest BCUT2D eigenvalue weighted by Crippen LogP contribution is -2.23. The average Bonchev–Trinajstić information content (AvgIpc) is 2.97. The Labute approximate surface area is 130 Å². The van der Waals surface area contributed by atoms with Crippen LogP contribution in [0.25, 0.3) is 0 Å². The molecule has 114 valence electrons. The maximum absolute atomic E-state index is 12.2. The maximum Gasteiger partial charge on any atom is 0.304 e. The van der Waals surface area contributed by atoms with Gasteiger partial charge in [0.2, 0.25) is 10.0 Å². The lowest BCUT2D eigenvalue weighted by atomic mass is 10.3. The van der Waals surface area contributed by atoms with E-state index < -0.39 is 10.0 Å². The summed E-state index contributed by atoms with van der Waals surface area (Å²) >= 11 is 2.23. The number of hydrogen-bond donors (Lipinski definition) is 3. The van der Waals surface area contributed by atoms with E-state index in [-0.39, 0.29) is 11.4 Å². The van der Waals surface area contributed by atoms with Crippen molar-refractivity contribution in [2.24, 2.45) is 0 Å². The second-order valence-electron chi connectivity index (χ2n) is 4.93. The number of thiazole rings is 1. The summed E-state index contributed by atoms with van der Waals surface area (Å²) in [4.78, 5) is 13.4. The first-order valence-corrected chi connectivity index (χ1v) is 9.74. The summed E-state index contributed by atoms with van der Waals surface area (Å²) in [6.07, 6.45) is 2.41. The molecule has 1 saturated carbocycles. The van der Waals surface area contributed by atoms with Gasteiger partial charge in [-0.25, -0.2) is 13.1 Å². The highest BCUT2D eigenvalue weighted by Gasteiger charge is 2.21. The van der Waals surface area contributed by atoms with Gasteiger partial charge in [0.25, 0.3) is 0 Å². The lowest BCUT2D eigenvalue weighted by molar-refractivity contribution is 0.582. The quantitative estimate of drug-likeness (QED) is 0.704. The predicted octanol–water partition coefficient (Wildman–Crippen LogP) is 1.23. The Morgan fingerprint density at radius 1 is 1.24 bits per heavy atom. The van der Waals surface area contributed by atoms with Crippen molar-refractivity contribution in [2.45, 2.75) is 36.2 Å². The number of rotatable bonds is 7. The van der Waals surface area contributed by atoms with E-state index >= 15 is 0 Å². The van der Waals surface area contributed by atoms with Gasteiger partial charge in [-0.2, -0.15) is 0 Å². The van der Waals surface area contributed by atoms with Crippen molar-refractivity contribution in [1.29, 1.82) is 0 Å². The van der Waals surface area contributed by atoms with Gasteiger partial charge in [-0.05, 0) is 29.9 Å². The Balaban J connectivity index is 1.61. The molecule has 21 heavy (non-hydrogen) atoms. The standard InChI is InChI=1S/C12H15N3O3S3/c16-12-15-10(7-20-12)5-14-21(17,18)11-3-8(6-19-11)4-13-9-1-2-9/h3,6-7,9,13-14H,1-2,4-5H2,(H,15,16). The fourth-order valence-corrected chi connectivity index (χ4v) is 4.62. The Bertz CT molecular complexity index is 771. The van der Waals surface area contributed by atoms with Gasteiger partial charge in [-0.3, -0.25) is 4.79 Å². The van der Waals surface area contributed by atoms with Crippen LogP contribution < -0.4 is 14.9 Å². The van der Waals surface area contributed by atoms with Crippen molar-refractivity contribution in [3.63, 3.8) is 0 Å². The Morgan fingerprint density at radius 2 is 2.05 bits per heavy atom. The Morgan fingerprint density at radius 3 is 2.71 bits per heavy atom. The van der Waals surface area contributed by atoms with Crippen molar-refractivity contribution >= 4 is 32.7 Å². The third kappa shape index (κ3) is 4.01. The van der Waals surface area contributed by atoms with Gasteiger partial charge in [-0.15, -0.1) is 11.3 Å². The molecule has 0 atom stereocenters. The molecule has 1 fully saturated rings. The Kier molecular flexibility index (Phi) is 4.27. The molecule has 0 unspecified atom stereocenters. The van der Waals surface area contributed by atoms with Crippen molar-refractivity contribution in [3.8, 4) is 0 Å². The molecule has 2 aromatic heterocycles. The van der Waals surface area contributed by atoms with Crippen molar-refractivity contribution in [1.82, 2.24) is 15.0 Å². The van der Waals surface area contributed by atoms with E-state index in [1.807, 2.05) is 5.38 Å². The van der Waals surface area contributed by atoms with E-state index in [1.54, 1.807) is 11.4 Å². The van der Waals surface area contributed by atoms with Gasteiger partial charge in [-0.1, -0.05) is 11.3 Å². The van der Waals surface area contributed by atoms with Crippen LogP contribution in [0, 0.1) is 0 Å². The molecule has 2 aromatic rings. The number of nitrogens with one attached hydrogen (secondary N) is 3. The third-order valence-corrected chi connectivity index (χ3v) is 6.70. The van der Waals surface area contributed by atoms with Crippen LogP contribution in [0.3, 0.4) is 0 Å². The maximum atomic E-state index is 12.2. The molecule has 0 spiro atoms. The molecular formula is C12H15N3O3S3. The van der Waals surface area contributed by atoms with E-state index in [4.69, 9.17) is 0 Å². The van der Waals surface area contributed by atoms with Crippen LogP contribution in [0.15, 0.2) is 25.8 Å². The smallest absolute Gasteiger partial charge is 0.304 e. The third-order valence-electron chi connectivity index (χ3n) is 3.09. The molecule has 9 heteroatoms. The van der Waals surface area contributed by atoms with Gasteiger partial charge in [0.05, 0.1) is 6.54 Å². The molecule has 1 aliphatic carbocycles. The van der Waals surface area contributed by atoms with Crippen LogP contribution in [0.2, 0.25) is 0 Å². The van der Waals surface area contributed by atoms with Gasteiger partial charge in [0, 0.05) is 23.7 Å². The fraction of sp³-hybridized carbons (Fsp3) is 0.417. The molecule has 0 bridgehead atoms. The van der Waals surface area contributed by atoms with Crippen molar-refractivity contribution in [2.75, 3.05) is 0 Å². The van der Waals surface area contributed by atoms with E-state index in [9.17, 15) is 13.2 Å². The summed E-state index contributed by atoms with van der Waals surface area (Å²) in [5, 5.41) is 6.82. The number of sulfonamides is 1. The first-order chi connectivity index (χ1) is 10.0. The van der Waals surface area contributed by atoms with E-state index in [1.165, 1.54) is 24.2 Å². The Hall–Kier alpha value is -1.00. The molecule has 0 aliphatic heterocycles. The van der Waals surface area contributed by atoms with Gasteiger partial charge in [0.15, 0.2) is 0 Å². The second-order valence-corrected chi connectivity index (χ2v) is 8.67. The summed E-state index contributed by atoms with van der Waals surface area (Å²) in [5.74, 6) is 0. The summed E-state index contributed by atoms with van der Waals surface area (Å²) in [6, 6.07) is 2.29. The molecule has 0 aromatic carbocycles. The molecule has 6 nitrogen and oxygen atoms in total. The SMILES string of the molecule is O=c1[nH]c(CNS(=O)(=O)c2cc(CNC3CC3)cs2)cs1. The van der Waals surface area contributed by atoms with Crippen LogP contribution in [0.5, 0.6) is 0 Å². The zero-order valence-corrected chi connectivity index (χ0v) is 13.5. The molecule has 0 radical (unpaired) electrons. The number of thiophene rings is 1. The topological polar surface area (TPSA) is 91.1 Å². The minimum absolute atomic E-state index is 0.0919. The molecule has 0 amide bonds. The first kappa shape index (κ1) is 14.9. The first-order valence-electron chi connectivity index (χ1n) is 6.50. The number of H-pyrrole nitrogens is 1. The van der Waals surface area contributed by atoms with Crippen molar-refractivity contribution in [3.05, 3.63) is 37.8 Å². The van der Waals surface area contributed by atoms with Gasteiger partial charge >= 0.3 is 4.87 Å². The van der Waals surface area contributed by atoms with Crippen LogP contribution >= 0.6 is 22.7 Å². The van der Waals surface area contributed by atoms with Crippen LogP contribution in [-0.4, -0.2) is 19.4 Å². The highest BCUT2D eigenvalue weighted by atomic mass is 32.2. The molecule has 3 N–H and O–H groups in total. The minimum Gasteiger partial charge on any atom is -0.315 e. The summed E-state index contributed by atoms with van der Waals surface area (Å²) in [7, 11) is -3.53. The summed E-state index contributed by atoms with van der Waals surface area (Å²) in [6.45, 7) is 0.795. The summed E-state index contributed by atoms with van der Waals surface area (Å²) in [5.41, 5.74) is 1.55. The predicted molar refractivity (Wildman–Crippen MR) is 83.1 cm³/mol. The zero-order valence-electron chi connectivity index (χ0n) is 11.1. The summed E-state index contributed by atoms with van der Waals surface area (Å²) < 4.78 is 27.1. The highest BCUT2D eigenvalue weighted by molar-refractivity contribution is 7.91. The van der Waals surface area contributed by atoms with E-state index in [0.29, 0.717) is 22.5 Å². The average molecular weight is 345 g/mol.